The molecule has 100 valence electrons. The number of piperidine rings is 1. The highest BCUT2D eigenvalue weighted by Crippen LogP contribution is 2.34. The van der Waals surface area contributed by atoms with Gasteiger partial charge in [-0.2, -0.15) is 11.8 Å². The van der Waals surface area contributed by atoms with Crippen LogP contribution >= 0.6 is 11.8 Å². The predicted molar refractivity (Wildman–Crippen MR) is 77.8 cm³/mol. The van der Waals surface area contributed by atoms with Crippen molar-refractivity contribution in [2.75, 3.05) is 38.5 Å². The van der Waals surface area contributed by atoms with Gasteiger partial charge in [0.2, 0.25) is 0 Å². The molecule has 2 nitrogen and oxygen atoms in total. The Hall–Kier alpha value is 0.270. The molecule has 0 aromatic carbocycles. The van der Waals surface area contributed by atoms with Crippen molar-refractivity contribution in [3.63, 3.8) is 0 Å². The maximum Gasteiger partial charge on any atom is 0.0172 e. The van der Waals surface area contributed by atoms with Crippen molar-refractivity contribution in [2.24, 2.45) is 5.41 Å². The fraction of sp³-hybridized carbons (Fsp3) is 1.00. The minimum atomic E-state index is 0.617. The number of thioether (sulfide) groups is 1. The molecule has 0 aromatic heterocycles. The van der Waals surface area contributed by atoms with E-state index in [1.807, 2.05) is 0 Å². The molecule has 1 unspecified atom stereocenters. The van der Waals surface area contributed by atoms with Crippen molar-refractivity contribution in [1.29, 1.82) is 0 Å². The first kappa shape index (κ1) is 13.7. The fourth-order valence-corrected chi connectivity index (χ4v) is 4.47. The molecule has 1 atom stereocenters. The van der Waals surface area contributed by atoms with Crippen molar-refractivity contribution in [1.82, 2.24) is 10.2 Å². The van der Waals surface area contributed by atoms with E-state index >= 15 is 0 Å². The molecule has 0 saturated carbocycles. The normalized spacial score (nSPS) is 30.4. The van der Waals surface area contributed by atoms with Crippen LogP contribution in [0.4, 0.5) is 0 Å². The smallest absolute Gasteiger partial charge is 0.0172 e. The highest BCUT2D eigenvalue weighted by Gasteiger charge is 2.33. The minimum Gasteiger partial charge on any atom is -0.317 e. The van der Waals surface area contributed by atoms with Crippen molar-refractivity contribution < 1.29 is 0 Å². The van der Waals surface area contributed by atoms with Crippen LogP contribution in [0.3, 0.4) is 0 Å². The summed E-state index contributed by atoms with van der Waals surface area (Å²) in [4.78, 5) is 2.75. The Balaban J connectivity index is 1.88. The van der Waals surface area contributed by atoms with Crippen LogP contribution in [0.2, 0.25) is 0 Å². The second-order valence-corrected chi connectivity index (χ2v) is 7.15. The fourth-order valence-electron chi connectivity index (χ4n) is 3.23. The average molecular weight is 256 g/mol. The molecular formula is C14H28N2S. The van der Waals surface area contributed by atoms with Gasteiger partial charge < -0.3 is 10.2 Å². The van der Waals surface area contributed by atoms with Crippen molar-refractivity contribution in [2.45, 2.75) is 44.8 Å². The topological polar surface area (TPSA) is 15.3 Å². The van der Waals surface area contributed by atoms with Crippen LogP contribution < -0.4 is 5.32 Å². The van der Waals surface area contributed by atoms with Gasteiger partial charge in [-0.1, -0.05) is 13.8 Å². The molecular weight excluding hydrogens is 228 g/mol. The Morgan fingerprint density at radius 2 is 2.06 bits per heavy atom. The van der Waals surface area contributed by atoms with Crippen LogP contribution in [0.15, 0.2) is 0 Å². The Labute approximate surface area is 111 Å². The summed E-state index contributed by atoms with van der Waals surface area (Å²) in [5.74, 6) is 1.34. The molecule has 0 aromatic rings. The molecule has 0 amide bonds. The first-order valence-corrected chi connectivity index (χ1v) is 8.37. The van der Waals surface area contributed by atoms with Crippen LogP contribution in [-0.4, -0.2) is 48.6 Å². The number of nitrogens with one attached hydrogen (secondary N) is 1. The second-order valence-electron chi connectivity index (χ2n) is 5.74. The number of hydrogen-bond donors (Lipinski definition) is 1. The lowest BCUT2D eigenvalue weighted by Crippen LogP contribution is -2.48. The van der Waals surface area contributed by atoms with Crippen LogP contribution in [0.5, 0.6) is 0 Å². The van der Waals surface area contributed by atoms with E-state index in [4.69, 9.17) is 0 Å². The standard InChI is InChI=1S/C14H28N2S/c1-3-13-11-16(9-10-17-13)12-14(4-2)5-7-15-8-6-14/h13,15H,3-12H2,1-2H3. The Morgan fingerprint density at radius 1 is 1.29 bits per heavy atom. The van der Waals surface area contributed by atoms with Gasteiger partial charge in [-0.3, -0.25) is 0 Å². The lowest BCUT2D eigenvalue weighted by Gasteiger charge is -2.43. The monoisotopic (exact) mass is 256 g/mol. The molecule has 2 rings (SSSR count). The SMILES string of the molecule is CCC1CN(CC2(CC)CCNCC2)CCS1. The molecule has 0 aliphatic carbocycles. The average Bonchev–Trinajstić information content (AvgIpc) is 2.40. The maximum atomic E-state index is 3.51. The van der Waals surface area contributed by atoms with E-state index in [2.05, 4.69) is 35.8 Å². The number of nitrogens with zero attached hydrogens (tertiary/aromatic N) is 1. The zero-order valence-corrected chi connectivity index (χ0v) is 12.3. The molecule has 3 heteroatoms. The third-order valence-corrected chi connectivity index (χ3v) is 6.02. The summed E-state index contributed by atoms with van der Waals surface area (Å²) in [6, 6.07) is 0. The van der Waals surface area contributed by atoms with Gasteiger partial charge in [0.15, 0.2) is 0 Å². The lowest BCUT2D eigenvalue weighted by atomic mass is 9.76. The molecule has 1 N–H and O–H groups in total. The minimum absolute atomic E-state index is 0.617. The van der Waals surface area contributed by atoms with Gasteiger partial charge in [0, 0.05) is 30.6 Å². The third-order valence-electron chi connectivity index (χ3n) is 4.65. The van der Waals surface area contributed by atoms with Gasteiger partial charge in [-0.25, -0.2) is 0 Å². The Morgan fingerprint density at radius 3 is 2.71 bits per heavy atom. The second kappa shape index (κ2) is 6.44. The van der Waals surface area contributed by atoms with E-state index in [1.165, 1.54) is 64.2 Å². The molecule has 0 bridgehead atoms. The number of rotatable bonds is 4. The van der Waals surface area contributed by atoms with E-state index in [0.717, 1.165) is 5.25 Å². The highest BCUT2D eigenvalue weighted by atomic mass is 32.2. The maximum absolute atomic E-state index is 3.51. The first-order valence-electron chi connectivity index (χ1n) is 7.33. The zero-order chi connectivity index (χ0) is 12.1. The summed E-state index contributed by atoms with van der Waals surface area (Å²) in [5.41, 5.74) is 0.617. The zero-order valence-electron chi connectivity index (χ0n) is 11.5. The Bertz CT molecular complexity index is 226. The van der Waals surface area contributed by atoms with E-state index < -0.39 is 0 Å². The van der Waals surface area contributed by atoms with Gasteiger partial charge in [-0.05, 0) is 44.2 Å². The molecule has 2 heterocycles. The van der Waals surface area contributed by atoms with Crippen LogP contribution in [0.1, 0.15) is 39.5 Å². The van der Waals surface area contributed by atoms with Gasteiger partial charge in [0.25, 0.3) is 0 Å². The van der Waals surface area contributed by atoms with Crippen LogP contribution in [-0.2, 0) is 0 Å². The quantitative estimate of drug-likeness (QED) is 0.832. The van der Waals surface area contributed by atoms with Crippen LogP contribution in [0.25, 0.3) is 0 Å². The summed E-state index contributed by atoms with van der Waals surface area (Å²) in [7, 11) is 0. The van der Waals surface area contributed by atoms with Gasteiger partial charge in [-0.15, -0.1) is 0 Å². The molecule has 2 saturated heterocycles. The largest absolute Gasteiger partial charge is 0.317 e. The number of hydrogen-bond acceptors (Lipinski definition) is 3. The Kier molecular flexibility index (Phi) is 5.19. The molecule has 2 aliphatic rings. The molecule has 2 aliphatic heterocycles. The van der Waals surface area contributed by atoms with Gasteiger partial charge in [0.05, 0.1) is 0 Å². The molecule has 0 spiro atoms. The lowest BCUT2D eigenvalue weighted by molar-refractivity contribution is 0.108. The van der Waals surface area contributed by atoms with E-state index in [9.17, 15) is 0 Å². The summed E-state index contributed by atoms with van der Waals surface area (Å²) in [5, 5.41) is 4.40. The van der Waals surface area contributed by atoms with Crippen molar-refractivity contribution in [3.05, 3.63) is 0 Å². The first-order chi connectivity index (χ1) is 8.28. The highest BCUT2D eigenvalue weighted by molar-refractivity contribution is 8.00. The van der Waals surface area contributed by atoms with Gasteiger partial charge in [0.1, 0.15) is 0 Å². The molecule has 17 heavy (non-hydrogen) atoms. The predicted octanol–water partition coefficient (Wildman–Crippen LogP) is 2.59. The summed E-state index contributed by atoms with van der Waals surface area (Å²) in [6.07, 6.45) is 5.45. The summed E-state index contributed by atoms with van der Waals surface area (Å²) in [6.45, 7) is 11.2. The van der Waals surface area contributed by atoms with E-state index in [0.29, 0.717) is 5.41 Å². The summed E-state index contributed by atoms with van der Waals surface area (Å²) >= 11 is 2.18. The van der Waals surface area contributed by atoms with Gasteiger partial charge >= 0.3 is 0 Å². The van der Waals surface area contributed by atoms with E-state index in [-0.39, 0.29) is 0 Å². The molecule has 0 radical (unpaired) electrons. The third kappa shape index (κ3) is 3.62. The van der Waals surface area contributed by atoms with E-state index in [1.54, 1.807) is 0 Å². The van der Waals surface area contributed by atoms with Crippen LogP contribution in [0, 0.1) is 5.41 Å². The van der Waals surface area contributed by atoms with Crippen molar-refractivity contribution >= 4 is 11.8 Å². The van der Waals surface area contributed by atoms with Crippen molar-refractivity contribution in [3.8, 4) is 0 Å². The molecule has 2 fully saturated rings. The summed E-state index contributed by atoms with van der Waals surface area (Å²) < 4.78 is 0.